The van der Waals surface area contributed by atoms with E-state index < -0.39 is 31.5 Å². The van der Waals surface area contributed by atoms with Gasteiger partial charge in [0.2, 0.25) is 11.9 Å². The average molecular weight is 652 g/mol. The van der Waals surface area contributed by atoms with Crippen LogP contribution in [0.1, 0.15) is 0 Å². The van der Waals surface area contributed by atoms with Crippen LogP contribution in [0.2, 0.25) is 10.0 Å². The van der Waals surface area contributed by atoms with Gasteiger partial charge in [0.15, 0.2) is 23.1 Å². The number of aliphatic hydroxyl groups is 5. The molecule has 1 unspecified atom stereocenters. The van der Waals surface area contributed by atoms with Crippen LogP contribution in [0, 0.1) is 0 Å². The number of rotatable bonds is 13. The van der Waals surface area contributed by atoms with Crippen LogP contribution in [0.4, 0.5) is 23.5 Å². The molecule has 0 saturated carbocycles. The molecule has 1 atom stereocenters. The van der Waals surface area contributed by atoms with Crippen molar-refractivity contribution in [2.24, 2.45) is 0 Å². The van der Waals surface area contributed by atoms with Gasteiger partial charge in [-0.2, -0.15) is 9.97 Å². The summed E-state index contributed by atoms with van der Waals surface area (Å²) in [5.41, 5.74) is 9.72. The van der Waals surface area contributed by atoms with Crippen molar-refractivity contribution in [3.05, 3.63) is 71.0 Å². The van der Waals surface area contributed by atoms with Gasteiger partial charge < -0.3 is 57.1 Å². The first-order valence-electron chi connectivity index (χ1n) is 12.9. The molecule has 0 fully saturated rings. The Balaban J connectivity index is 0.000000241. The molecular formula is C27H32Cl2N8O7. The summed E-state index contributed by atoms with van der Waals surface area (Å²) in [5.74, 6) is 2.08. The Morgan fingerprint density at radius 3 is 1.59 bits per heavy atom. The van der Waals surface area contributed by atoms with Crippen LogP contribution >= 0.6 is 23.2 Å². The Bertz CT molecular complexity index is 1460. The quantitative estimate of drug-likeness (QED) is 0.100. The lowest BCUT2D eigenvalue weighted by Gasteiger charge is -2.29. The van der Waals surface area contributed by atoms with Gasteiger partial charge in [-0.15, -0.1) is 0 Å². The van der Waals surface area contributed by atoms with Gasteiger partial charge in [0.25, 0.3) is 0 Å². The number of nitrogens with two attached hydrogens (primary N) is 2. The number of nitrogen functional groups attached to an aromatic ring is 2. The summed E-state index contributed by atoms with van der Waals surface area (Å²) in [4.78, 5) is 15.7. The highest BCUT2D eigenvalue weighted by molar-refractivity contribution is 6.30. The Morgan fingerprint density at radius 2 is 1.16 bits per heavy atom. The van der Waals surface area contributed by atoms with Crippen molar-refractivity contribution in [3.8, 4) is 23.0 Å². The summed E-state index contributed by atoms with van der Waals surface area (Å²) in [6, 6.07) is 13.4. The highest BCUT2D eigenvalue weighted by Gasteiger charge is 2.30. The Morgan fingerprint density at radius 1 is 0.727 bits per heavy atom. The van der Waals surface area contributed by atoms with Gasteiger partial charge in [-0.25, -0.2) is 9.97 Å². The maximum atomic E-state index is 9.41. The van der Waals surface area contributed by atoms with Crippen LogP contribution in [0.25, 0.3) is 0 Å². The minimum absolute atomic E-state index is 0.0290. The van der Waals surface area contributed by atoms with Gasteiger partial charge >= 0.3 is 0 Å². The number of benzene rings is 2. The number of halogens is 2. The molecule has 4 aromatic rings. The summed E-state index contributed by atoms with van der Waals surface area (Å²) in [6.07, 6.45) is 1.85. The molecule has 0 radical (unpaired) electrons. The second-order valence-electron chi connectivity index (χ2n) is 9.09. The molecule has 0 aliphatic rings. The van der Waals surface area contributed by atoms with Gasteiger partial charge in [-0.3, -0.25) is 0 Å². The monoisotopic (exact) mass is 650 g/mol. The topological polar surface area (TPSA) is 247 Å². The van der Waals surface area contributed by atoms with Crippen LogP contribution in [0.5, 0.6) is 23.0 Å². The predicted octanol–water partition coefficient (Wildman–Crippen LogP) is 1.90. The molecule has 2 heterocycles. The third-order valence-corrected chi connectivity index (χ3v) is 6.14. The Kier molecular flexibility index (Phi) is 12.9. The zero-order chi connectivity index (χ0) is 32.1. The lowest BCUT2D eigenvalue weighted by molar-refractivity contribution is 0.0829. The van der Waals surface area contributed by atoms with Crippen LogP contribution < -0.4 is 31.6 Å². The highest BCUT2D eigenvalue weighted by Crippen LogP contribution is 2.31. The molecule has 4 rings (SSSR count). The van der Waals surface area contributed by atoms with Crippen molar-refractivity contribution in [2.45, 2.75) is 11.6 Å². The fourth-order valence-corrected chi connectivity index (χ4v) is 3.44. The number of nitrogens with one attached hydrogen (secondary N) is 2. The van der Waals surface area contributed by atoms with E-state index in [1.807, 2.05) is 0 Å². The van der Waals surface area contributed by atoms with Crippen molar-refractivity contribution in [1.82, 2.24) is 19.9 Å². The molecule has 0 aliphatic heterocycles. The number of anilines is 4. The number of aliphatic hydroxyl groups excluding tert-OH is 5. The van der Waals surface area contributed by atoms with Crippen LogP contribution in [0.15, 0.2) is 60.9 Å². The van der Waals surface area contributed by atoms with Crippen LogP contribution in [0.3, 0.4) is 0 Å². The summed E-state index contributed by atoms with van der Waals surface area (Å²) in [7, 11) is 0. The van der Waals surface area contributed by atoms with E-state index in [4.69, 9.17) is 49.2 Å². The molecule has 0 spiro atoms. The molecule has 0 saturated heterocycles. The maximum Gasteiger partial charge on any atom is 0.222 e. The first-order chi connectivity index (χ1) is 21.1. The van der Waals surface area contributed by atoms with E-state index in [0.717, 1.165) is 0 Å². The van der Waals surface area contributed by atoms with Gasteiger partial charge in [-0.05, 0) is 48.5 Å². The average Bonchev–Trinajstić information content (AvgIpc) is 3.03. The largest absolute Gasteiger partial charge is 0.452 e. The Hall–Kier alpha value is -4.22. The summed E-state index contributed by atoms with van der Waals surface area (Å²) in [6.45, 7) is -1.83. The second kappa shape index (κ2) is 16.6. The molecule has 15 nitrogen and oxygen atoms in total. The normalized spacial score (nSPS) is 11.6. The van der Waals surface area contributed by atoms with Crippen LogP contribution in [-0.4, -0.2) is 90.1 Å². The van der Waals surface area contributed by atoms with Gasteiger partial charge in [0.05, 0.1) is 44.9 Å². The van der Waals surface area contributed by atoms with Crippen molar-refractivity contribution < 1.29 is 35.0 Å². The van der Waals surface area contributed by atoms with E-state index in [1.54, 1.807) is 48.5 Å². The molecule has 0 amide bonds. The summed E-state index contributed by atoms with van der Waals surface area (Å²) in [5, 5.41) is 53.1. The van der Waals surface area contributed by atoms with E-state index >= 15 is 0 Å². The van der Waals surface area contributed by atoms with E-state index in [1.165, 1.54) is 12.4 Å². The molecule has 0 aliphatic carbocycles. The number of aromatic nitrogens is 4. The van der Waals surface area contributed by atoms with Gasteiger partial charge in [0, 0.05) is 16.6 Å². The molecular weight excluding hydrogens is 619 g/mol. The third-order valence-electron chi connectivity index (χ3n) is 5.64. The lowest BCUT2D eigenvalue weighted by Crippen LogP contribution is -2.49. The lowest BCUT2D eigenvalue weighted by atomic mass is 10.0. The highest BCUT2D eigenvalue weighted by atomic mass is 35.5. The van der Waals surface area contributed by atoms with E-state index in [-0.39, 0.29) is 36.6 Å². The number of hydrogen-bond acceptors (Lipinski definition) is 15. The first-order valence-corrected chi connectivity index (χ1v) is 13.6. The minimum Gasteiger partial charge on any atom is -0.452 e. The van der Waals surface area contributed by atoms with Crippen molar-refractivity contribution in [3.63, 3.8) is 0 Å². The van der Waals surface area contributed by atoms with E-state index in [0.29, 0.717) is 33.1 Å². The minimum atomic E-state index is -1.38. The zero-order valence-electron chi connectivity index (χ0n) is 23.1. The fraction of sp³-hybridized carbons (Fsp3) is 0.259. The van der Waals surface area contributed by atoms with Crippen molar-refractivity contribution >= 4 is 46.7 Å². The Labute approximate surface area is 262 Å². The molecule has 17 heteroatoms. The maximum absolute atomic E-state index is 9.41. The molecule has 2 aromatic carbocycles. The standard InChI is InChI=1S/C14H17ClN4O4.C13H15ClN4O3/c15-9-1-3-10(4-2-9)23-11-5-17-13(16)18-12(11)19-14(6-20,7-21)8-22;14-8-1-3-10(4-2-8)21-11-6-17-13(15)18-12(11)16-5-9(20)7-19/h1-5,20-22H,6-8H2,(H3,16,17,18,19);1-4,6,9,19-20H,5,7H2,(H3,15,16,17,18). The predicted molar refractivity (Wildman–Crippen MR) is 165 cm³/mol. The first kappa shape index (κ1) is 34.3. The fourth-order valence-electron chi connectivity index (χ4n) is 3.19. The molecule has 236 valence electrons. The van der Waals surface area contributed by atoms with Gasteiger partial charge in [-0.1, -0.05) is 23.2 Å². The molecule has 11 N–H and O–H groups in total. The molecule has 2 aromatic heterocycles. The summed E-state index contributed by atoms with van der Waals surface area (Å²) >= 11 is 11.6. The smallest absolute Gasteiger partial charge is 0.222 e. The number of nitrogens with zero attached hydrogens (tertiary/aromatic N) is 4. The third kappa shape index (κ3) is 10.2. The molecule has 0 bridgehead atoms. The van der Waals surface area contributed by atoms with Gasteiger partial charge in [0.1, 0.15) is 17.0 Å². The zero-order valence-corrected chi connectivity index (χ0v) is 24.7. The number of ether oxygens (including phenoxy) is 2. The van der Waals surface area contributed by atoms with E-state index in [2.05, 4.69) is 30.6 Å². The SMILES string of the molecule is Nc1ncc(Oc2ccc(Cl)cc2)c(NC(CO)(CO)CO)n1.Nc1ncc(Oc2ccc(Cl)cc2)c(NCC(O)CO)n1. The van der Waals surface area contributed by atoms with Crippen molar-refractivity contribution in [1.29, 1.82) is 0 Å². The van der Waals surface area contributed by atoms with E-state index in [9.17, 15) is 20.4 Å². The summed E-state index contributed by atoms with van der Waals surface area (Å²) < 4.78 is 11.3. The van der Waals surface area contributed by atoms with Crippen molar-refractivity contribution in [2.75, 3.05) is 55.1 Å². The van der Waals surface area contributed by atoms with Crippen LogP contribution in [-0.2, 0) is 0 Å². The molecule has 44 heavy (non-hydrogen) atoms. The second-order valence-corrected chi connectivity index (χ2v) is 9.96. The number of hydrogen-bond donors (Lipinski definition) is 9.